The van der Waals surface area contributed by atoms with Gasteiger partial charge in [0.25, 0.3) is 0 Å². The van der Waals surface area contributed by atoms with E-state index in [1.165, 1.54) is 5.56 Å². The van der Waals surface area contributed by atoms with Crippen LogP contribution in [0.1, 0.15) is 30.7 Å². The van der Waals surface area contributed by atoms with Crippen molar-refractivity contribution in [2.75, 3.05) is 32.0 Å². The first kappa shape index (κ1) is 16.9. The summed E-state index contributed by atoms with van der Waals surface area (Å²) in [6.45, 7) is 2.23. The molecule has 5 nitrogen and oxygen atoms in total. The summed E-state index contributed by atoms with van der Waals surface area (Å²) in [7, 11) is -3.29. The van der Waals surface area contributed by atoms with E-state index in [9.17, 15) is 8.42 Å². The molecule has 0 amide bonds. The second kappa shape index (κ2) is 7.30. The average Bonchev–Trinajstić information content (AvgIpc) is 3.01. The predicted molar refractivity (Wildman–Crippen MR) is 90.7 cm³/mol. The fourth-order valence-electron chi connectivity index (χ4n) is 3.65. The molecule has 2 aliphatic rings. The lowest BCUT2D eigenvalue weighted by atomic mass is 9.89. The summed E-state index contributed by atoms with van der Waals surface area (Å²) < 4.78 is 32.7. The molecule has 3 atom stereocenters. The molecule has 2 heterocycles. The van der Waals surface area contributed by atoms with Crippen molar-refractivity contribution in [1.82, 2.24) is 4.31 Å². The minimum Gasteiger partial charge on any atom is -0.377 e. The Labute approximate surface area is 138 Å². The van der Waals surface area contributed by atoms with E-state index in [1.54, 1.807) is 4.31 Å². The van der Waals surface area contributed by atoms with Gasteiger partial charge < -0.3 is 10.5 Å². The monoisotopic (exact) mass is 338 g/mol. The predicted octanol–water partition coefficient (Wildman–Crippen LogP) is 1.56. The lowest BCUT2D eigenvalue weighted by Crippen LogP contribution is -2.37. The third-order valence-electron chi connectivity index (χ3n) is 5.00. The van der Waals surface area contributed by atoms with Gasteiger partial charge in [0, 0.05) is 25.6 Å². The Hall–Kier alpha value is -0.950. The number of benzene rings is 1. The maximum absolute atomic E-state index is 12.7. The molecule has 128 valence electrons. The molecule has 1 aromatic carbocycles. The lowest BCUT2D eigenvalue weighted by Gasteiger charge is -2.25. The molecule has 0 spiro atoms. The Bertz CT molecular complexity index is 600. The molecule has 2 fully saturated rings. The first-order valence-electron chi connectivity index (χ1n) is 8.44. The Morgan fingerprint density at radius 3 is 2.61 bits per heavy atom. The molecule has 0 bridgehead atoms. The highest BCUT2D eigenvalue weighted by atomic mass is 32.2. The van der Waals surface area contributed by atoms with Gasteiger partial charge in [-0.05, 0) is 37.3 Å². The van der Waals surface area contributed by atoms with Crippen LogP contribution < -0.4 is 5.73 Å². The molecule has 1 unspecified atom stereocenters. The first-order valence-corrected chi connectivity index (χ1v) is 10.1. The van der Waals surface area contributed by atoms with Crippen molar-refractivity contribution in [1.29, 1.82) is 0 Å². The maximum atomic E-state index is 12.7. The van der Waals surface area contributed by atoms with E-state index >= 15 is 0 Å². The summed E-state index contributed by atoms with van der Waals surface area (Å²) in [5.74, 6) is 0.467. The van der Waals surface area contributed by atoms with Crippen LogP contribution in [0.3, 0.4) is 0 Å². The number of hydrogen-bond donors (Lipinski definition) is 1. The molecule has 23 heavy (non-hydrogen) atoms. The van der Waals surface area contributed by atoms with E-state index in [4.69, 9.17) is 10.5 Å². The molecule has 0 saturated carbocycles. The summed E-state index contributed by atoms with van der Waals surface area (Å²) in [6, 6.07) is 10.1. The van der Waals surface area contributed by atoms with E-state index in [1.807, 2.05) is 18.2 Å². The third kappa shape index (κ3) is 3.94. The number of sulfonamides is 1. The van der Waals surface area contributed by atoms with Crippen molar-refractivity contribution in [2.45, 2.75) is 31.3 Å². The molecule has 0 aromatic heterocycles. The van der Waals surface area contributed by atoms with Gasteiger partial charge in [0.2, 0.25) is 10.0 Å². The van der Waals surface area contributed by atoms with Gasteiger partial charge in [-0.2, -0.15) is 0 Å². The van der Waals surface area contributed by atoms with E-state index in [0.717, 1.165) is 19.3 Å². The van der Waals surface area contributed by atoms with E-state index in [2.05, 4.69) is 12.1 Å². The van der Waals surface area contributed by atoms with Gasteiger partial charge in [-0.3, -0.25) is 0 Å². The zero-order valence-electron chi connectivity index (χ0n) is 13.4. The minimum atomic E-state index is -3.29. The van der Waals surface area contributed by atoms with Crippen LogP contribution in [0.5, 0.6) is 0 Å². The summed E-state index contributed by atoms with van der Waals surface area (Å²) in [5.41, 5.74) is 7.08. The van der Waals surface area contributed by atoms with Crippen molar-refractivity contribution in [3.8, 4) is 0 Å². The van der Waals surface area contributed by atoms with Crippen LogP contribution in [-0.4, -0.2) is 50.8 Å². The second-order valence-corrected chi connectivity index (χ2v) is 8.61. The number of rotatable bonds is 5. The molecule has 2 saturated heterocycles. The molecular weight excluding hydrogens is 312 g/mol. The molecule has 1 aromatic rings. The zero-order valence-corrected chi connectivity index (χ0v) is 14.2. The average molecular weight is 338 g/mol. The fraction of sp³-hybridized carbons (Fsp3) is 0.647. The summed E-state index contributed by atoms with van der Waals surface area (Å²) >= 11 is 0. The summed E-state index contributed by atoms with van der Waals surface area (Å²) in [4.78, 5) is 0. The summed E-state index contributed by atoms with van der Waals surface area (Å²) in [6.07, 6.45) is 2.78. The van der Waals surface area contributed by atoms with Gasteiger partial charge in [0.1, 0.15) is 0 Å². The lowest BCUT2D eigenvalue weighted by molar-refractivity contribution is 0.0299. The smallest absolute Gasteiger partial charge is 0.216 e. The van der Waals surface area contributed by atoms with Crippen LogP contribution in [0, 0.1) is 5.92 Å². The molecule has 3 rings (SSSR count). The Kier molecular flexibility index (Phi) is 5.36. The molecular formula is C17H26N2O3S. The zero-order chi connectivity index (χ0) is 16.3. The first-order chi connectivity index (χ1) is 11.1. The Morgan fingerprint density at radius 2 is 1.96 bits per heavy atom. The fourth-order valence-corrected chi connectivity index (χ4v) is 5.40. The van der Waals surface area contributed by atoms with Gasteiger partial charge >= 0.3 is 0 Å². The Balaban J connectivity index is 1.70. The van der Waals surface area contributed by atoms with Crippen molar-refractivity contribution in [3.63, 3.8) is 0 Å². The molecule has 6 heteroatoms. The molecule has 2 N–H and O–H groups in total. The number of nitrogens with zero attached hydrogens (tertiary/aromatic N) is 1. The highest BCUT2D eigenvalue weighted by Gasteiger charge is 2.39. The van der Waals surface area contributed by atoms with Crippen LogP contribution >= 0.6 is 0 Å². The molecule has 0 aliphatic carbocycles. The van der Waals surface area contributed by atoms with Gasteiger partial charge in [-0.25, -0.2) is 12.7 Å². The third-order valence-corrected chi connectivity index (χ3v) is 6.88. The standard InChI is InChI=1S/C17H26N2O3S/c18-10-15-11-19(12-17(15)14-6-2-1-3-7-14)23(20,21)13-16-8-4-5-9-22-16/h1-3,6-7,15-17H,4-5,8-13,18H2/t15-,16?,17+/m1/s1. The quantitative estimate of drug-likeness (QED) is 0.884. The summed E-state index contributed by atoms with van der Waals surface area (Å²) in [5, 5.41) is 0. The van der Waals surface area contributed by atoms with Crippen molar-refractivity contribution >= 4 is 10.0 Å². The highest BCUT2D eigenvalue weighted by Crippen LogP contribution is 2.34. The normalized spacial score (nSPS) is 29.7. The van der Waals surface area contributed by atoms with Crippen LogP contribution in [0.2, 0.25) is 0 Å². The second-order valence-electron chi connectivity index (χ2n) is 6.60. The van der Waals surface area contributed by atoms with Crippen LogP contribution in [0.15, 0.2) is 30.3 Å². The number of nitrogens with two attached hydrogens (primary N) is 1. The van der Waals surface area contributed by atoms with Gasteiger partial charge in [-0.1, -0.05) is 30.3 Å². The van der Waals surface area contributed by atoms with E-state index < -0.39 is 10.0 Å². The highest BCUT2D eigenvalue weighted by molar-refractivity contribution is 7.89. The maximum Gasteiger partial charge on any atom is 0.216 e. The van der Waals surface area contributed by atoms with E-state index in [0.29, 0.717) is 26.2 Å². The number of hydrogen-bond acceptors (Lipinski definition) is 4. The largest absolute Gasteiger partial charge is 0.377 e. The van der Waals surface area contributed by atoms with Crippen LogP contribution in [-0.2, 0) is 14.8 Å². The molecule has 0 radical (unpaired) electrons. The van der Waals surface area contributed by atoms with Crippen molar-refractivity contribution < 1.29 is 13.2 Å². The van der Waals surface area contributed by atoms with E-state index in [-0.39, 0.29) is 23.7 Å². The van der Waals surface area contributed by atoms with Gasteiger partial charge in [0.05, 0.1) is 11.9 Å². The van der Waals surface area contributed by atoms with Gasteiger partial charge in [0.15, 0.2) is 0 Å². The Morgan fingerprint density at radius 1 is 1.17 bits per heavy atom. The van der Waals surface area contributed by atoms with Crippen LogP contribution in [0.25, 0.3) is 0 Å². The van der Waals surface area contributed by atoms with Crippen molar-refractivity contribution in [2.24, 2.45) is 11.7 Å². The number of ether oxygens (including phenoxy) is 1. The molecule has 2 aliphatic heterocycles. The van der Waals surface area contributed by atoms with Crippen molar-refractivity contribution in [3.05, 3.63) is 35.9 Å². The topological polar surface area (TPSA) is 72.6 Å². The van der Waals surface area contributed by atoms with Gasteiger partial charge in [-0.15, -0.1) is 0 Å². The minimum absolute atomic E-state index is 0.103. The van der Waals surface area contributed by atoms with Crippen LogP contribution in [0.4, 0.5) is 0 Å². The SMILES string of the molecule is NC[C@@H]1CN(S(=O)(=O)CC2CCCCO2)C[C@H]1c1ccccc1.